The number of hydrogen-bond donors (Lipinski definition) is 2. The fourth-order valence-electron chi connectivity index (χ4n) is 6.98. The van der Waals surface area contributed by atoms with E-state index in [-0.39, 0.29) is 35.6 Å². The minimum atomic E-state index is -0.627. The van der Waals surface area contributed by atoms with Crippen molar-refractivity contribution in [1.29, 1.82) is 0 Å². The van der Waals surface area contributed by atoms with Gasteiger partial charge in [0.25, 0.3) is 0 Å². The zero-order valence-corrected chi connectivity index (χ0v) is 13.5. The first-order valence-corrected chi connectivity index (χ1v) is 9.14. The van der Waals surface area contributed by atoms with Gasteiger partial charge in [-0.25, -0.2) is 0 Å². The molecule has 5 nitrogen and oxygen atoms in total. The number of rotatable bonds is 0. The second kappa shape index (κ2) is 4.21. The van der Waals surface area contributed by atoms with E-state index in [1.165, 1.54) is 5.56 Å². The molecule has 5 heteroatoms. The van der Waals surface area contributed by atoms with Crippen LogP contribution in [0.1, 0.15) is 24.8 Å². The highest BCUT2D eigenvalue weighted by atomic mass is 16.3. The Kier molecular flexibility index (Phi) is 2.42. The van der Waals surface area contributed by atoms with Gasteiger partial charge in [-0.05, 0) is 36.9 Å². The number of piperidine rings is 2. The van der Waals surface area contributed by atoms with Gasteiger partial charge >= 0.3 is 0 Å². The molecule has 126 valence electrons. The number of amides is 1. The fraction of sp³-hybridized carbons (Fsp3) is 0.632. The van der Waals surface area contributed by atoms with Gasteiger partial charge in [0.15, 0.2) is 0 Å². The first-order valence-electron chi connectivity index (χ1n) is 9.14. The first kappa shape index (κ1) is 13.8. The lowest BCUT2D eigenvalue weighted by Gasteiger charge is -2.59. The van der Waals surface area contributed by atoms with Crippen molar-refractivity contribution in [3.63, 3.8) is 0 Å². The molecule has 1 saturated carbocycles. The van der Waals surface area contributed by atoms with Gasteiger partial charge < -0.3 is 15.1 Å². The van der Waals surface area contributed by atoms with Crippen LogP contribution in [0.2, 0.25) is 0 Å². The van der Waals surface area contributed by atoms with Crippen molar-refractivity contribution >= 4 is 11.6 Å². The quantitative estimate of drug-likeness (QED) is 0.728. The molecular formula is C19H22N2O3. The summed E-state index contributed by atoms with van der Waals surface area (Å²) in [6, 6.07) is 8.74. The Balaban J connectivity index is 1.65. The van der Waals surface area contributed by atoms with Crippen molar-refractivity contribution in [3.05, 3.63) is 29.8 Å². The maximum Gasteiger partial charge on any atom is 0.229 e. The first-order chi connectivity index (χ1) is 11.6. The molecule has 3 saturated heterocycles. The van der Waals surface area contributed by atoms with E-state index in [2.05, 4.69) is 23.1 Å². The van der Waals surface area contributed by atoms with E-state index in [1.54, 1.807) is 0 Å². The molecule has 5 aliphatic rings. The van der Waals surface area contributed by atoms with E-state index in [0.29, 0.717) is 12.6 Å². The van der Waals surface area contributed by atoms with Gasteiger partial charge in [0.1, 0.15) is 0 Å². The molecule has 6 rings (SSSR count). The standard InChI is InChI=1S/C19H22N2O3/c22-13-8-16(24)21-12-4-2-1-3-11(12)19-5-6-20-9-14(23)10(7-15(19)20)17(13)18(19)21/h1-4,10,13-15,17-18,22-23H,5-9H2/t10-,13-,14-,15-,17?,18-,19+/m0/s1. The smallest absolute Gasteiger partial charge is 0.229 e. The number of aliphatic hydroxyl groups is 2. The molecule has 1 aromatic rings. The third kappa shape index (κ3) is 1.31. The Hall–Kier alpha value is -1.43. The number of carbonyl (C=O) groups is 1. The highest BCUT2D eigenvalue weighted by Gasteiger charge is 2.70. The summed E-state index contributed by atoms with van der Waals surface area (Å²) in [6.45, 7) is 1.69. The Morgan fingerprint density at radius 3 is 2.88 bits per heavy atom. The van der Waals surface area contributed by atoms with Crippen LogP contribution in [-0.2, 0) is 10.2 Å². The van der Waals surface area contributed by atoms with E-state index in [9.17, 15) is 15.0 Å². The summed E-state index contributed by atoms with van der Waals surface area (Å²) in [6.07, 6.45) is 1.12. The summed E-state index contributed by atoms with van der Waals surface area (Å²) in [5, 5.41) is 21.5. The molecule has 2 N–H and O–H groups in total. The lowest BCUT2D eigenvalue weighted by atomic mass is 9.54. The third-order valence-corrected chi connectivity index (χ3v) is 7.69. The normalized spacial score (nSPS) is 48.4. The zero-order chi connectivity index (χ0) is 16.2. The summed E-state index contributed by atoms with van der Waals surface area (Å²) < 4.78 is 0. The number of carbonyl (C=O) groups excluding carboxylic acids is 1. The highest BCUT2D eigenvalue weighted by Crippen LogP contribution is 2.64. The summed E-state index contributed by atoms with van der Waals surface area (Å²) in [5.74, 6) is 0.130. The highest BCUT2D eigenvalue weighted by molar-refractivity contribution is 5.99. The van der Waals surface area contributed by atoms with Crippen molar-refractivity contribution < 1.29 is 15.0 Å². The minimum Gasteiger partial charge on any atom is -0.392 e. The lowest BCUT2D eigenvalue weighted by molar-refractivity contribution is -0.140. The summed E-state index contributed by atoms with van der Waals surface area (Å²) in [5.41, 5.74) is 2.28. The molecule has 0 aromatic heterocycles. The molecule has 1 unspecified atom stereocenters. The summed E-state index contributed by atoms with van der Waals surface area (Å²) in [7, 11) is 0. The van der Waals surface area contributed by atoms with Crippen LogP contribution in [-0.4, -0.2) is 58.4 Å². The van der Waals surface area contributed by atoms with Crippen molar-refractivity contribution in [3.8, 4) is 0 Å². The molecule has 2 bridgehead atoms. The number of aliphatic hydroxyl groups excluding tert-OH is 2. The van der Waals surface area contributed by atoms with E-state index < -0.39 is 12.2 Å². The molecule has 1 aliphatic carbocycles. The van der Waals surface area contributed by atoms with Crippen LogP contribution in [0.4, 0.5) is 5.69 Å². The maximum atomic E-state index is 12.8. The topological polar surface area (TPSA) is 64.0 Å². The van der Waals surface area contributed by atoms with Crippen molar-refractivity contribution in [1.82, 2.24) is 4.90 Å². The lowest BCUT2D eigenvalue weighted by Crippen LogP contribution is -2.71. The molecule has 4 heterocycles. The zero-order valence-electron chi connectivity index (χ0n) is 13.5. The van der Waals surface area contributed by atoms with Gasteiger partial charge in [-0.3, -0.25) is 9.69 Å². The SMILES string of the molecule is O=C1C[C@H](O)C2[C@H]3C[C@@H]4N(CC[C@@]45c4ccccc4N1[C@@H]25)C[C@@H]3O. The van der Waals surface area contributed by atoms with Crippen molar-refractivity contribution in [2.45, 2.75) is 49.0 Å². The number of hydrogen-bond acceptors (Lipinski definition) is 4. The Bertz CT molecular complexity index is 752. The molecule has 1 spiro atoms. The van der Waals surface area contributed by atoms with Crippen molar-refractivity contribution in [2.75, 3.05) is 18.0 Å². The second-order valence-corrected chi connectivity index (χ2v) is 8.34. The average molecular weight is 326 g/mol. The van der Waals surface area contributed by atoms with Gasteiger partial charge in [0.05, 0.1) is 24.7 Å². The predicted octanol–water partition coefficient (Wildman–Crippen LogP) is 0.489. The number of para-hydroxylation sites is 1. The molecule has 4 aliphatic heterocycles. The fourth-order valence-corrected chi connectivity index (χ4v) is 6.98. The second-order valence-electron chi connectivity index (χ2n) is 8.34. The van der Waals surface area contributed by atoms with E-state index in [1.807, 2.05) is 11.0 Å². The van der Waals surface area contributed by atoms with Gasteiger partial charge in [0.2, 0.25) is 5.91 Å². The number of fused-ring (bicyclic) bond motifs is 4. The van der Waals surface area contributed by atoms with E-state index in [4.69, 9.17) is 0 Å². The Morgan fingerprint density at radius 1 is 1.17 bits per heavy atom. The van der Waals surface area contributed by atoms with Gasteiger partial charge in [-0.1, -0.05) is 18.2 Å². The number of nitrogens with zero attached hydrogens (tertiary/aromatic N) is 2. The summed E-state index contributed by atoms with van der Waals surface area (Å²) in [4.78, 5) is 17.3. The molecule has 24 heavy (non-hydrogen) atoms. The van der Waals surface area contributed by atoms with Crippen LogP contribution in [0.5, 0.6) is 0 Å². The van der Waals surface area contributed by atoms with Gasteiger partial charge in [-0.2, -0.15) is 0 Å². The number of benzene rings is 1. The molecule has 1 aromatic carbocycles. The minimum absolute atomic E-state index is 0.00912. The van der Waals surface area contributed by atoms with Crippen LogP contribution in [0.15, 0.2) is 24.3 Å². The summed E-state index contributed by atoms with van der Waals surface area (Å²) >= 11 is 0. The molecule has 4 fully saturated rings. The van der Waals surface area contributed by atoms with E-state index >= 15 is 0 Å². The molecule has 7 atom stereocenters. The molecule has 0 radical (unpaired) electrons. The van der Waals surface area contributed by atoms with Gasteiger partial charge in [0, 0.05) is 29.6 Å². The van der Waals surface area contributed by atoms with Crippen LogP contribution in [0.25, 0.3) is 0 Å². The molecule has 1 amide bonds. The Morgan fingerprint density at radius 2 is 2.00 bits per heavy atom. The Labute approximate surface area is 140 Å². The average Bonchev–Trinajstić information content (AvgIpc) is 3.09. The monoisotopic (exact) mass is 326 g/mol. The number of anilines is 1. The predicted molar refractivity (Wildman–Crippen MR) is 87.6 cm³/mol. The van der Waals surface area contributed by atoms with Crippen LogP contribution in [0.3, 0.4) is 0 Å². The van der Waals surface area contributed by atoms with Gasteiger partial charge in [-0.15, -0.1) is 0 Å². The van der Waals surface area contributed by atoms with Crippen LogP contribution < -0.4 is 4.90 Å². The van der Waals surface area contributed by atoms with Crippen molar-refractivity contribution in [2.24, 2.45) is 11.8 Å². The van der Waals surface area contributed by atoms with Crippen LogP contribution in [0, 0.1) is 11.8 Å². The van der Waals surface area contributed by atoms with E-state index in [0.717, 1.165) is 25.1 Å². The van der Waals surface area contributed by atoms with Crippen LogP contribution >= 0.6 is 0 Å². The molecular weight excluding hydrogens is 304 g/mol. The largest absolute Gasteiger partial charge is 0.392 e. The maximum absolute atomic E-state index is 12.8. The third-order valence-electron chi connectivity index (χ3n) is 7.69.